The van der Waals surface area contributed by atoms with Gasteiger partial charge in [0, 0.05) is 38.1 Å². The monoisotopic (exact) mass is 382 g/mol. The number of benzene rings is 2. The number of urea groups is 1. The van der Waals surface area contributed by atoms with Crippen LogP contribution in [0.15, 0.2) is 48.5 Å². The zero-order valence-corrected chi connectivity index (χ0v) is 16.2. The van der Waals surface area contributed by atoms with E-state index in [9.17, 15) is 9.59 Å². The van der Waals surface area contributed by atoms with Crippen molar-refractivity contribution < 1.29 is 14.3 Å². The molecule has 0 radical (unpaired) electrons. The minimum atomic E-state index is -0.603. The molecule has 3 N–H and O–H groups in total. The van der Waals surface area contributed by atoms with Crippen molar-refractivity contribution in [2.75, 3.05) is 44.0 Å². The van der Waals surface area contributed by atoms with Crippen molar-refractivity contribution in [1.82, 2.24) is 4.90 Å². The van der Waals surface area contributed by atoms with Gasteiger partial charge in [-0.3, -0.25) is 4.79 Å². The zero-order chi connectivity index (χ0) is 20.1. The fourth-order valence-electron chi connectivity index (χ4n) is 3.52. The molecule has 1 heterocycles. The van der Waals surface area contributed by atoms with Crippen LogP contribution in [0.4, 0.5) is 16.2 Å². The van der Waals surface area contributed by atoms with Crippen molar-refractivity contribution >= 4 is 23.3 Å². The number of nitrogens with two attached hydrogens (primary N) is 1. The van der Waals surface area contributed by atoms with E-state index in [2.05, 4.69) is 22.3 Å². The van der Waals surface area contributed by atoms with Crippen LogP contribution in [0.5, 0.6) is 5.75 Å². The lowest BCUT2D eigenvalue weighted by Gasteiger charge is -2.23. The molecule has 28 heavy (non-hydrogen) atoms. The average Bonchev–Trinajstić information content (AvgIpc) is 3.17. The van der Waals surface area contributed by atoms with E-state index in [4.69, 9.17) is 10.5 Å². The van der Waals surface area contributed by atoms with Crippen LogP contribution in [0.25, 0.3) is 0 Å². The number of rotatable bonds is 6. The van der Waals surface area contributed by atoms with Gasteiger partial charge in [-0.2, -0.15) is 0 Å². The molecule has 0 spiro atoms. The maximum absolute atomic E-state index is 12.5. The number of amides is 3. The number of para-hydroxylation sites is 1. The van der Waals surface area contributed by atoms with E-state index in [-0.39, 0.29) is 11.6 Å². The van der Waals surface area contributed by atoms with Crippen LogP contribution in [0.2, 0.25) is 0 Å². The quantitative estimate of drug-likeness (QED) is 0.804. The summed E-state index contributed by atoms with van der Waals surface area (Å²) >= 11 is 0. The lowest BCUT2D eigenvalue weighted by atomic mass is 10.1. The Morgan fingerprint density at radius 1 is 1.25 bits per heavy atom. The molecule has 3 rings (SSSR count). The van der Waals surface area contributed by atoms with Crippen LogP contribution < -0.4 is 20.7 Å². The Kier molecular flexibility index (Phi) is 6.03. The zero-order valence-electron chi connectivity index (χ0n) is 16.2. The highest BCUT2D eigenvalue weighted by Crippen LogP contribution is 2.25. The van der Waals surface area contributed by atoms with Crippen molar-refractivity contribution in [2.24, 2.45) is 11.7 Å². The number of methoxy groups -OCH3 is 1. The molecule has 1 fully saturated rings. The Morgan fingerprint density at radius 3 is 2.68 bits per heavy atom. The first-order chi connectivity index (χ1) is 13.5. The van der Waals surface area contributed by atoms with Crippen molar-refractivity contribution in [2.45, 2.75) is 6.42 Å². The average molecular weight is 382 g/mol. The third-order valence-corrected chi connectivity index (χ3v) is 5.00. The van der Waals surface area contributed by atoms with Gasteiger partial charge in [0.25, 0.3) is 5.91 Å². The highest BCUT2D eigenvalue weighted by atomic mass is 16.5. The highest BCUT2D eigenvalue weighted by Gasteiger charge is 2.25. The lowest BCUT2D eigenvalue weighted by molar-refractivity contribution is 0.0997. The number of primary amides is 1. The fraction of sp³-hybridized carbons (Fsp3) is 0.333. The summed E-state index contributed by atoms with van der Waals surface area (Å²) in [5.74, 6) is 0.187. The fourth-order valence-corrected chi connectivity index (χ4v) is 3.52. The number of carbonyl (C=O) groups is 2. The summed E-state index contributed by atoms with van der Waals surface area (Å²) in [6.07, 6.45) is 1.04. The molecule has 7 nitrogen and oxygen atoms in total. The first kappa shape index (κ1) is 19.5. The van der Waals surface area contributed by atoms with Crippen molar-refractivity contribution in [3.05, 3.63) is 54.1 Å². The Bertz CT molecular complexity index is 841. The van der Waals surface area contributed by atoms with Gasteiger partial charge in [-0.25, -0.2) is 4.79 Å². The van der Waals surface area contributed by atoms with E-state index >= 15 is 0 Å². The first-order valence-electron chi connectivity index (χ1n) is 9.28. The minimum absolute atomic E-state index is 0.223. The molecule has 1 aliphatic rings. The van der Waals surface area contributed by atoms with Crippen LogP contribution in [0.1, 0.15) is 16.8 Å². The standard InChI is InChI=1S/C21H26N4O3/c1-24(13-15-10-11-25(14-15)17-6-4-3-5-7-17)21(27)23-16-8-9-19(28-2)18(12-16)20(22)26/h3-9,12,15H,10-11,13-14H2,1-2H3,(H2,22,26)(H,23,27)/t15-/m1/s1. The number of nitrogens with zero attached hydrogens (tertiary/aromatic N) is 2. The number of anilines is 2. The molecule has 0 aromatic heterocycles. The van der Waals surface area contributed by atoms with Crippen LogP contribution >= 0.6 is 0 Å². The number of ether oxygens (including phenoxy) is 1. The maximum atomic E-state index is 12.5. The third kappa shape index (κ3) is 4.54. The number of hydrogen-bond donors (Lipinski definition) is 2. The first-order valence-corrected chi connectivity index (χ1v) is 9.28. The third-order valence-electron chi connectivity index (χ3n) is 5.00. The van der Waals surface area contributed by atoms with Gasteiger partial charge < -0.3 is 25.6 Å². The second-order valence-corrected chi connectivity index (χ2v) is 7.03. The van der Waals surface area contributed by atoms with Crippen LogP contribution in [0, 0.1) is 5.92 Å². The van der Waals surface area contributed by atoms with Crippen molar-refractivity contribution in [1.29, 1.82) is 0 Å². The molecule has 0 unspecified atom stereocenters. The van der Waals surface area contributed by atoms with Gasteiger partial charge in [0.15, 0.2) is 0 Å². The molecular weight excluding hydrogens is 356 g/mol. The van der Waals surface area contributed by atoms with E-state index in [0.717, 1.165) is 19.5 Å². The van der Waals surface area contributed by atoms with Gasteiger partial charge >= 0.3 is 6.03 Å². The van der Waals surface area contributed by atoms with Gasteiger partial charge in [0.1, 0.15) is 5.75 Å². The van der Waals surface area contributed by atoms with Crippen LogP contribution in [0.3, 0.4) is 0 Å². The molecule has 2 aromatic carbocycles. The summed E-state index contributed by atoms with van der Waals surface area (Å²) in [5, 5.41) is 2.82. The van der Waals surface area contributed by atoms with Gasteiger partial charge in [-0.15, -0.1) is 0 Å². The molecule has 7 heteroatoms. The molecule has 0 saturated carbocycles. The molecule has 3 amide bonds. The Hall–Kier alpha value is -3.22. The minimum Gasteiger partial charge on any atom is -0.496 e. The topological polar surface area (TPSA) is 87.9 Å². The molecule has 2 aromatic rings. The number of carbonyl (C=O) groups excluding carboxylic acids is 2. The summed E-state index contributed by atoms with van der Waals surface area (Å²) < 4.78 is 5.12. The van der Waals surface area contributed by atoms with E-state index in [0.29, 0.717) is 23.9 Å². The molecule has 1 saturated heterocycles. The summed E-state index contributed by atoms with van der Waals surface area (Å²) in [5.41, 5.74) is 7.33. The van der Waals surface area contributed by atoms with Gasteiger partial charge in [0.2, 0.25) is 0 Å². The van der Waals surface area contributed by atoms with E-state index < -0.39 is 5.91 Å². The molecule has 148 valence electrons. The van der Waals surface area contributed by atoms with Gasteiger partial charge in [-0.1, -0.05) is 18.2 Å². The smallest absolute Gasteiger partial charge is 0.321 e. The Balaban J connectivity index is 1.57. The predicted molar refractivity (Wildman–Crippen MR) is 110 cm³/mol. The van der Waals surface area contributed by atoms with E-state index in [1.807, 2.05) is 18.2 Å². The maximum Gasteiger partial charge on any atom is 0.321 e. The molecule has 0 aliphatic carbocycles. The summed E-state index contributed by atoms with van der Waals surface area (Å²) in [6, 6.07) is 14.9. The van der Waals surface area contributed by atoms with Crippen LogP contribution in [-0.4, -0.2) is 50.6 Å². The molecule has 1 atom stereocenters. The second kappa shape index (κ2) is 8.65. The largest absolute Gasteiger partial charge is 0.496 e. The Labute approximate surface area is 165 Å². The Morgan fingerprint density at radius 2 is 2.00 bits per heavy atom. The lowest BCUT2D eigenvalue weighted by Crippen LogP contribution is -2.36. The molecule has 0 bridgehead atoms. The van der Waals surface area contributed by atoms with Gasteiger partial charge in [-0.05, 0) is 42.7 Å². The predicted octanol–water partition coefficient (Wildman–Crippen LogP) is 2.78. The SMILES string of the molecule is COc1ccc(NC(=O)N(C)C[C@H]2CCN(c3ccccc3)C2)cc1C(N)=O. The molecular formula is C21H26N4O3. The molecule has 1 aliphatic heterocycles. The summed E-state index contributed by atoms with van der Waals surface area (Å²) in [6.45, 7) is 2.58. The van der Waals surface area contributed by atoms with Crippen molar-refractivity contribution in [3.63, 3.8) is 0 Å². The second-order valence-electron chi connectivity index (χ2n) is 7.03. The normalized spacial score (nSPS) is 15.9. The number of nitrogens with one attached hydrogen (secondary N) is 1. The summed E-state index contributed by atoms with van der Waals surface area (Å²) in [4.78, 5) is 28.1. The van der Waals surface area contributed by atoms with Gasteiger partial charge in [0.05, 0.1) is 12.7 Å². The van der Waals surface area contributed by atoms with E-state index in [1.165, 1.54) is 18.9 Å². The van der Waals surface area contributed by atoms with Crippen LogP contribution in [-0.2, 0) is 0 Å². The number of hydrogen-bond acceptors (Lipinski definition) is 4. The van der Waals surface area contributed by atoms with E-state index in [1.54, 1.807) is 24.1 Å². The summed E-state index contributed by atoms with van der Waals surface area (Å²) in [7, 11) is 3.24. The highest BCUT2D eigenvalue weighted by molar-refractivity contribution is 5.98. The van der Waals surface area contributed by atoms with Crippen molar-refractivity contribution in [3.8, 4) is 5.75 Å².